The number of benzene rings is 1. The monoisotopic (exact) mass is 309 g/mol. The van der Waals surface area contributed by atoms with Crippen molar-refractivity contribution < 1.29 is 0 Å². The average molecular weight is 309 g/mol. The second-order valence-electron chi connectivity index (χ2n) is 6.49. The minimum Gasteiger partial charge on any atom is -0.285 e. The molecule has 0 amide bonds. The van der Waals surface area contributed by atoms with Crippen molar-refractivity contribution in [3.63, 3.8) is 0 Å². The molecule has 0 bridgehead atoms. The van der Waals surface area contributed by atoms with Gasteiger partial charge in [0.25, 0.3) is 5.56 Å². The van der Waals surface area contributed by atoms with Crippen LogP contribution >= 0.6 is 11.8 Å². The molecule has 0 spiro atoms. The van der Waals surface area contributed by atoms with E-state index in [4.69, 9.17) is 10.2 Å². The maximum Gasteiger partial charge on any atom is 0.258 e. The van der Waals surface area contributed by atoms with Gasteiger partial charge in [0.15, 0.2) is 5.16 Å². The Morgan fingerprint density at radius 3 is 2.95 bits per heavy atom. The number of thioether (sulfide) groups is 1. The Bertz CT molecular complexity index is 892. The van der Waals surface area contributed by atoms with E-state index in [0.29, 0.717) is 11.7 Å². The second kappa shape index (κ2) is 4.47. The first-order chi connectivity index (χ1) is 10.5. The third kappa shape index (κ3) is 1.77. The van der Waals surface area contributed by atoms with Crippen LogP contribution < -0.4 is 5.56 Å². The summed E-state index contributed by atoms with van der Waals surface area (Å²) in [6, 6.07) is 10.4. The molecule has 4 nitrogen and oxygen atoms in total. The highest BCUT2D eigenvalue weighted by atomic mass is 32.2. The molecule has 22 heavy (non-hydrogen) atoms. The summed E-state index contributed by atoms with van der Waals surface area (Å²) in [5.74, 6) is 0. The molecule has 1 aromatic heterocycles. The molecular formula is C17H15N3OS. The van der Waals surface area contributed by atoms with E-state index in [1.807, 2.05) is 18.2 Å². The number of rotatable bonds is 0. The maximum atomic E-state index is 13.0. The lowest BCUT2D eigenvalue weighted by Gasteiger charge is -2.32. The standard InChI is InChI=1S/C17H15N3OS/c1-17(2)7-10-5-3-4-6-12(10)14-13(17)15(21)20-9-11(8-18)22-16(20)19-14/h3-6,11H,7,9H2,1-2H3/t11-/m1/s1. The molecule has 0 fully saturated rings. The molecule has 0 radical (unpaired) electrons. The number of hydrogen-bond acceptors (Lipinski definition) is 4. The fraction of sp³-hybridized carbons (Fsp3) is 0.353. The van der Waals surface area contributed by atoms with E-state index < -0.39 is 0 Å². The summed E-state index contributed by atoms with van der Waals surface area (Å²) in [5.41, 5.74) is 3.65. The van der Waals surface area contributed by atoms with Crippen molar-refractivity contribution in [3.05, 3.63) is 45.7 Å². The molecule has 0 unspecified atom stereocenters. The Hall–Kier alpha value is -2.06. The Kier molecular flexibility index (Phi) is 2.76. The van der Waals surface area contributed by atoms with Gasteiger partial charge in [-0.15, -0.1) is 0 Å². The van der Waals surface area contributed by atoms with E-state index in [1.54, 1.807) is 4.57 Å². The molecule has 1 aliphatic carbocycles. The van der Waals surface area contributed by atoms with E-state index >= 15 is 0 Å². The Labute approximate surface area is 132 Å². The average Bonchev–Trinajstić information content (AvgIpc) is 2.90. The number of nitrogens with zero attached hydrogens (tertiary/aromatic N) is 3. The second-order valence-corrected chi connectivity index (χ2v) is 7.66. The van der Waals surface area contributed by atoms with Gasteiger partial charge in [0.1, 0.15) is 5.25 Å². The molecule has 110 valence electrons. The van der Waals surface area contributed by atoms with Crippen LogP contribution in [0.2, 0.25) is 0 Å². The van der Waals surface area contributed by atoms with Gasteiger partial charge in [-0.25, -0.2) is 4.98 Å². The summed E-state index contributed by atoms with van der Waals surface area (Å²) in [6.07, 6.45) is 0.835. The summed E-state index contributed by atoms with van der Waals surface area (Å²) in [5, 5.41) is 9.59. The van der Waals surface area contributed by atoms with Crippen molar-refractivity contribution in [2.24, 2.45) is 0 Å². The van der Waals surface area contributed by atoms with Crippen LogP contribution in [0.15, 0.2) is 34.2 Å². The normalized spacial score (nSPS) is 20.7. The molecule has 5 heteroatoms. The van der Waals surface area contributed by atoms with Gasteiger partial charge in [0.05, 0.1) is 18.3 Å². The molecule has 0 saturated carbocycles. The minimum atomic E-state index is -0.245. The largest absolute Gasteiger partial charge is 0.285 e. The molecule has 2 aliphatic rings. The van der Waals surface area contributed by atoms with Gasteiger partial charge in [-0.2, -0.15) is 5.26 Å². The van der Waals surface area contributed by atoms with E-state index in [-0.39, 0.29) is 16.2 Å². The first-order valence-corrected chi connectivity index (χ1v) is 8.19. The molecule has 2 heterocycles. The number of hydrogen-bond donors (Lipinski definition) is 0. The number of fused-ring (bicyclic) bond motifs is 4. The van der Waals surface area contributed by atoms with Gasteiger partial charge < -0.3 is 0 Å². The lowest BCUT2D eigenvalue weighted by atomic mass is 9.72. The van der Waals surface area contributed by atoms with E-state index in [2.05, 4.69) is 26.0 Å². The fourth-order valence-electron chi connectivity index (χ4n) is 3.46. The van der Waals surface area contributed by atoms with Gasteiger partial charge in [0.2, 0.25) is 0 Å². The molecule has 0 N–H and O–H groups in total. The summed E-state index contributed by atoms with van der Waals surface area (Å²) in [6.45, 7) is 4.64. The third-order valence-electron chi connectivity index (χ3n) is 4.46. The topological polar surface area (TPSA) is 58.7 Å². The van der Waals surface area contributed by atoms with Gasteiger partial charge in [-0.05, 0) is 12.0 Å². The third-order valence-corrected chi connectivity index (χ3v) is 5.52. The zero-order valence-electron chi connectivity index (χ0n) is 12.5. The van der Waals surface area contributed by atoms with Gasteiger partial charge in [-0.1, -0.05) is 49.9 Å². The summed E-state index contributed by atoms with van der Waals surface area (Å²) >= 11 is 1.39. The molecule has 1 aliphatic heterocycles. The lowest BCUT2D eigenvalue weighted by molar-refractivity contribution is 0.489. The Morgan fingerprint density at radius 1 is 1.41 bits per heavy atom. The van der Waals surface area contributed by atoms with E-state index in [9.17, 15) is 4.79 Å². The zero-order valence-corrected chi connectivity index (χ0v) is 13.3. The fourth-order valence-corrected chi connectivity index (χ4v) is 4.42. The quantitative estimate of drug-likeness (QED) is 0.702. The predicted molar refractivity (Wildman–Crippen MR) is 85.9 cm³/mol. The van der Waals surface area contributed by atoms with Crippen molar-refractivity contribution in [1.29, 1.82) is 5.26 Å². The van der Waals surface area contributed by atoms with Crippen LogP contribution in [0.4, 0.5) is 0 Å². The van der Waals surface area contributed by atoms with Crippen LogP contribution in [0, 0.1) is 11.3 Å². The highest BCUT2D eigenvalue weighted by molar-refractivity contribution is 8.00. The Balaban J connectivity index is 2.05. The van der Waals surface area contributed by atoms with Crippen LogP contribution in [0.3, 0.4) is 0 Å². The van der Waals surface area contributed by atoms with Gasteiger partial charge in [-0.3, -0.25) is 9.36 Å². The van der Waals surface area contributed by atoms with Crippen LogP contribution in [-0.2, 0) is 18.4 Å². The van der Waals surface area contributed by atoms with Crippen LogP contribution in [0.25, 0.3) is 11.3 Å². The van der Waals surface area contributed by atoms with Crippen molar-refractivity contribution in [2.45, 2.75) is 42.6 Å². The van der Waals surface area contributed by atoms with Crippen LogP contribution in [0.1, 0.15) is 25.0 Å². The van der Waals surface area contributed by atoms with E-state index in [0.717, 1.165) is 23.2 Å². The molecule has 1 atom stereocenters. The number of aromatic nitrogens is 2. The zero-order chi connectivity index (χ0) is 15.5. The SMILES string of the molecule is CC1(C)Cc2ccccc2-c2nc3n(c(=O)c21)C[C@@H](C#N)S3. The molecule has 2 aromatic rings. The lowest BCUT2D eigenvalue weighted by Crippen LogP contribution is -2.37. The van der Waals surface area contributed by atoms with Crippen molar-refractivity contribution in [1.82, 2.24) is 9.55 Å². The van der Waals surface area contributed by atoms with Crippen LogP contribution in [0.5, 0.6) is 0 Å². The minimum absolute atomic E-state index is 0.0183. The predicted octanol–water partition coefficient (Wildman–Crippen LogP) is 2.74. The first-order valence-electron chi connectivity index (χ1n) is 7.31. The highest BCUT2D eigenvalue weighted by Crippen LogP contribution is 2.42. The van der Waals surface area contributed by atoms with E-state index in [1.165, 1.54) is 17.3 Å². The highest BCUT2D eigenvalue weighted by Gasteiger charge is 2.37. The maximum absolute atomic E-state index is 13.0. The van der Waals surface area contributed by atoms with Crippen molar-refractivity contribution in [2.75, 3.05) is 0 Å². The Morgan fingerprint density at radius 2 is 2.18 bits per heavy atom. The molecule has 1 aromatic carbocycles. The molecule has 0 saturated heterocycles. The van der Waals surface area contributed by atoms with Crippen molar-refractivity contribution in [3.8, 4) is 17.3 Å². The van der Waals surface area contributed by atoms with Crippen molar-refractivity contribution >= 4 is 11.8 Å². The molecule has 4 rings (SSSR count). The van der Waals surface area contributed by atoms with Crippen LogP contribution in [-0.4, -0.2) is 14.8 Å². The smallest absolute Gasteiger partial charge is 0.258 e. The molecular weight excluding hydrogens is 294 g/mol. The van der Waals surface area contributed by atoms with Gasteiger partial charge in [0, 0.05) is 16.5 Å². The summed E-state index contributed by atoms with van der Waals surface area (Å²) in [4.78, 5) is 17.8. The summed E-state index contributed by atoms with van der Waals surface area (Å²) < 4.78 is 1.67. The first kappa shape index (κ1) is 13.6. The summed E-state index contributed by atoms with van der Waals surface area (Å²) in [7, 11) is 0. The van der Waals surface area contributed by atoms with Gasteiger partial charge >= 0.3 is 0 Å². The number of nitriles is 1.